The maximum atomic E-state index is 13.1. The molecule has 0 unspecified atom stereocenters. The molecule has 1 aliphatic heterocycles. The van der Waals surface area contributed by atoms with Crippen LogP contribution >= 0.6 is 11.6 Å². The monoisotopic (exact) mass is 426 g/mol. The van der Waals surface area contributed by atoms with E-state index in [1.54, 1.807) is 24.3 Å². The van der Waals surface area contributed by atoms with Gasteiger partial charge in [0.2, 0.25) is 0 Å². The number of amides is 4. The number of carbonyl (C=O) groups excluding carboxylic acids is 3. The third-order valence-corrected chi connectivity index (χ3v) is 5.06. The summed E-state index contributed by atoms with van der Waals surface area (Å²) in [6.07, 6.45) is 1.52. The van der Waals surface area contributed by atoms with Gasteiger partial charge in [-0.3, -0.25) is 14.9 Å². The van der Waals surface area contributed by atoms with E-state index >= 15 is 0 Å². The molecule has 0 radical (unpaired) electrons. The summed E-state index contributed by atoms with van der Waals surface area (Å²) in [5, 5.41) is 2.71. The Morgan fingerprint density at radius 3 is 2.40 bits per heavy atom. The van der Waals surface area contributed by atoms with Crippen molar-refractivity contribution in [2.45, 2.75) is 33.6 Å². The lowest BCUT2D eigenvalue weighted by Crippen LogP contribution is -2.54. The summed E-state index contributed by atoms with van der Waals surface area (Å²) in [5.41, 5.74) is 2.75. The maximum absolute atomic E-state index is 13.1. The van der Waals surface area contributed by atoms with Crippen molar-refractivity contribution in [2.24, 2.45) is 0 Å². The van der Waals surface area contributed by atoms with Gasteiger partial charge in [-0.05, 0) is 78.9 Å². The first kappa shape index (κ1) is 21.6. The van der Waals surface area contributed by atoms with Crippen LogP contribution in [0, 0.1) is 6.92 Å². The lowest BCUT2D eigenvalue weighted by Gasteiger charge is -2.26. The number of hydrogen-bond donors (Lipinski definition) is 1. The molecule has 0 spiro atoms. The Morgan fingerprint density at radius 1 is 1.13 bits per heavy atom. The summed E-state index contributed by atoms with van der Waals surface area (Å²) < 4.78 is 5.73. The fourth-order valence-corrected chi connectivity index (χ4v) is 3.37. The van der Waals surface area contributed by atoms with Gasteiger partial charge in [-0.2, -0.15) is 0 Å². The molecule has 0 atom stereocenters. The van der Waals surface area contributed by atoms with E-state index in [0.29, 0.717) is 22.9 Å². The first-order valence-electron chi connectivity index (χ1n) is 9.67. The van der Waals surface area contributed by atoms with E-state index in [1.807, 2.05) is 39.8 Å². The van der Waals surface area contributed by atoms with Crippen molar-refractivity contribution >= 4 is 41.2 Å². The molecule has 3 rings (SSSR count). The average Bonchev–Trinajstić information content (AvgIpc) is 2.67. The van der Waals surface area contributed by atoms with Crippen LogP contribution in [0.15, 0.2) is 42.0 Å². The SMILES string of the molecule is CCOc1cc(C)c(/C=C2\C(=O)NC(=O)N(c3ccc(Cl)cc3)C2=O)cc1C(C)C. The molecule has 1 saturated heterocycles. The van der Waals surface area contributed by atoms with Gasteiger partial charge in [0.25, 0.3) is 11.8 Å². The number of imide groups is 2. The Hall–Kier alpha value is -3.12. The van der Waals surface area contributed by atoms with Crippen LogP contribution in [0.1, 0.15) is 43.4 Å². The topological polar surface area (TPSA) is 75.7 Å². The number of nitrogens with one attached hydrogen (secondary N) is 1. The highest BCUT2D eigenvalue weighted by atomic mass is 35.5. The van der Waals surface area contributed by atoms with Crippen molar-refractivity contribution < 1.29 is 19.1 Å². The molecule has 1 N–H and O–H groups in total. The molecule has 30 heavy (non-hydrogen) atoms. The zero-order valence-electron chi connectivity index (χ0n) is 17.3. The Morgan fingerprint density at radius 2 is 1.80 bits per heavy atom. The van der Waals surface area contributed by atoms with E-state index in [-0.39, 0.29) is 11.5 Å². The number of anilines is 1. The van der Waals surface area contributed by atoms with Crippen molar-refractivity contribution in [3.63, 3.8) is 0 Å². The first-order valence-corrected chi connectivity index (χ1v) is 10.0. The van der Waals surface area contributed by atoms with Gasteiger partial charge in [0.15, 0.2) is 0 Å². The number of urea groups is 1. The van der Waals surface area contributed by atoms with Gasteiger partial charge >= 0.3 is 6.03 Å². The van der Waals surface area contributed by atoms with Gasteiger partial charge in [0, 0.05) is 5.02 Å². The van der Waals surface area contributed by atoms with Gasteiger partial charge in [-0.25, -0.2) is 9.69 Å². The largest absolute Gasteiger partial charge is 0.494 e. The maximum Gasteiger partial charge on any atom is 0.335 e. The van der Waals surface area contributed by atoms with Crippen molar-refractivity contribution in [1.29, 1.82) is 0 Å². The van der Waals surface area contributed by atoms with Crippen molar-refractivity contribution in [3.05, 3.63) is 63.7 Å². The van der Waals surface area contributed by atoms with Gasteiger partial charge in [-0.1, -0.05) is 25.4 Å². The second kappa shape index (κ2) is 8.71. The predicted molar refractivity (Wildman–Crippen MR) is 117 cm³/mol. The van der Waals surface area contributed by atoms with E-state index in [9.17, 15) is 14.4 Å². The van der Waals surface area contributed by atoms with Crippen molar-refractivity contribution in [3.8, 4) is 5.75 Å². The van der Waals surface area contributed by atoms with Gasteiger partial charge in [-0.15, -0.1) is 0 Å². The average molecular weight is 427 g/mol. The molecule has 0 bridgehead atoms. The fourth-order valence-electron chi connectivity index (χ4n) is 3.24. The van der Waals surface area contributed by atoms with E-state index in [1.165, 1.54) is 6.08 Å². The second-order valence-corrected chi connectivity index (χ2v) is 7.71. The zero-order valence-corrected chi connectivity index (χ0v) is 18.0. The molecule has 7 heteroatoms. The van der Waals surface area contributed by atoms with Crippen molar-refractivity contribution in [2.75, 3.05) is 11.5 Å². The van der Waals surface area contributed by atoms with Crippen LogP contribution in [0.2, 0.25) is 5.02 Å². The number of carbonyl (C=O) groups is 3. The fraction of sp³-hybridized carbons (Fsp3) is 0.261. The van der Waals surface area contributed by atoms with Gasteiger partial charge in [0.05, 0.1) is 12.3 Å². The molecule has 4 amide bonds. The Labute approximate surface area is 180 Å². The van der Waals surface area contributed by atoms with Gasteiger partial charge in [0.1, 0.15) is 11.3 Å². The number of ether oxygens (including phenoxy) is 1. The van der Waals surface area contributed by atoms with E-state index in [0.717, 1.165) is 21.8 Å². The molecular formula is C23H23ClN2O4. The van der Waals surface area contributed by atoms with Crippen molar-refractivity contribution in [1.82, 2.24) is 5.32 Å². The van der Waals surface area contributed by atoms with Crippen LogP contribution < -0.4 is 15.0 Å². The molecule has 2 aromatic carbocycles. The molecule has 6 nitrogen and oxygen atoms in total. The molecule has 0 saturated carbocycles. The third-order valence-electron chi connectivity index (χ3n) is 4.81. The summed E-state index contributed by atoms with van der Waals surface area (Å²) in [6.45, 7) is 8.43. The molecule has 0 aromatic heterocycles. The highest BCUT2D eigenvalue weighted by molar-refractivity contribution is 6.39. The lowest BCUT2D eigenvalue weighted by atomic mass is 9.95. The molecule has 0 aliphatic carbocycles. The molecular weight excluding hydrogens is 404 g/mol. The van der Waals surface area contributed by atoms with E-state index in [4.69, 9.17) is 16.3 Å². The summed E-state index contributed by atoms with van der Waals surface area (Å²) in [7, 11) is 0. The minimum Gasteiger partial charge on any atom is -0.494 e. The van der Waals surface area contributed by atoms with Crippen LogP contribution in [-0.4, -0.2) is 24.5 Å². The summed E-state index contributed by atoms with van der Waals surface area (Å²) in [5.74, 6) is -0.447. The summed E-state index contributed by atoms with van der Waals surface area (Å²) in [6, 6.07) is 9.26. The third kappa shape index (κ3) is 4.24. The first-order chi connectivity index (χ1) is 14.2. The Bertz CT molecular complexity index is 1040. The quantitative estimate of drug-likeness (QED) is 0.548. The highest BCUT2D eigenvalue weighted by Crippen LogP contribution is 2.32. The number of benzene rings is 2. The van der Waals surface area contributed by atoms with Crippen LogP contribution in [0.3, 0.4) is 0 Å². The zero-order chi connectivity index (χ0) is 22.0. The standard InChI is InChI=1S/C23H23ClN2O4/c1-5-30-20-10-14(4)15(11-18(20)13(2)3)12-19-21(27)25-23(29)26(22(19)28)17-8-6-16(24)7-9-17/h6-13H,5H2,1-4H3,(H,25,27,29)/b19-12+. The van der Waals surface area contributed by atoms with Gasteiger partial charge < -0.3 is 4.74 Å². The number of nitrogens with zero attached hydrogens (tertiary/aromatic N) is 1. The number of rotatable bonds is 5. The van der Waals surface area contributed by atoms with E-state index < -0.39 is 17.8 Å². The normalized spacial score (nSPS) is 15.7. The molecule has 156 valence electrons. The van der Waals surface area contributed by atoms with Crippen LogP contribution in [0.4, 0.5) is 10.5 Å². The molecule has 1 aliphatic rings. The number of barbiturate groups is 1. The molecule has 1 heterocycles. The second-order valence-electron chi connectivity index (χ2n) is 7.27. The number of aryl methyl sites for hydroxylation is 1. The Balaban J connectivity index is 2.06. The predicted octanol–water partition coefficient (Wildman–Crippen LogP) is 4.84. The molecule has 1 fully saturated rings. The minimum absolute atomic E-state index is 0.119. The van der Waals surface area contributed by atoms with E-state index in [2.05, 4.69) is 5.32 Å². The van der Waals surface area contributed by atoms with Crippen LogP contribution in [0.25, 0.3) is 6.08 Å². The highest BCUT2D eigenvalue weighted by Gasteiger charge is 2.36. The summed E-state index contributed by atoms with van der Waals surface area (Å²) >= 11 is 5.90. The summed E-state index contributed by atoms with van der Waals surface area (Å²) in [4.78, 5) is 38.8. The smallest absolute Gasteiger partial charge is 0.335 e. The minimum atomic E-state index is -0.796. The Kier molecular flexibility index (Phi) is 6.27. The number of halogens is 1. The van der Waals surface area contributed by atoms with Crippen LogP contribution in [-0.2, 0) is 9.59 Å². The van der Waals surface area contributed by atoms with Crippen LogP contribution in [0.5, 0.6) is 5.75 Å². The lowest BCUT2D eigenvalue weighted by molar-refractivity contribution is -0.122. The molecule has 2 aromatic rings. The number of hydrogen-bond acceptors (Lipinski definition) is 4.